The van der Waals surface area contributed by atoms with Crippen LogP contribution >= 0.6 is 0 Å². The third kappa shape index (κ3) is 2.54. The van der Waals surface area contributed by atoms with Crippen molar-refractivity contribution in [2.75, 3.05) is 14.2 Å². The van der Waals surface area contributed by atoms with E-state index in [-0.39, 0.29) is 0 Å². The number of fused-ring (bicyclic) bond motifs is 3. The number of aromatic amines is 1. The number of amides is 1. The maximum atomic E-state index is 12.1. The summed E-state index contributed by atoms with van der Waals surface area (Å²) >= 11 is 0. The zero-order valence-electron chi connectivity index (χ0n) is 14.5. The minimum Gasteiger partial charge on any atom is -0.497 e. The molecule has 0 radical (unpaired) electrons. The molecule has 1 aromatic heterocycles. The Balaban J connectivity index is 1.99. The molecule has 0 aliphatic rings. The predicted molar refractivity (Wildman–Crippen MR) is 103 cm³/mol. The van der Waals surface area contributed by atoms with Crippen LogP contribution in [-0.4, -0.2) is 25.1 Å². The summed E-state index contributed by atoms with van der Waals surface area (Å²) in [5, 5.41) is 1.96. The van der Waals surface area contributed by atoms with Gasteiger partial charge >= 0.3 is 0 Å². The number of carbonyl (C=O) groups excluding carboxylic acids is 1. The van der Waals surface area contributed by atoms with E-state index in [1.807, 2.05) is 48.5 Å². The van der Waals surface area contributed by atoms with Gasteiger partial charge in [0, 0.05) is 16.8 Å². The molecular weight excluding hydrogens is 328 g/mol. The number of aromatic nitrogens is 1. The van der Waals surface area contributed by atoms with E-state index in [1.54, 1.807) is 14.2 Å². The normalized spacial score (nSPS) is 11.0. The van der Waals surface area contributed by atoms with E-state index in [0.717, 1.165) is 44.4 Å². The first-order chi connectivity index (χ1) is 12.6. The quantitative estimate of drug-likeness (QED) is 0.584. The number of nitrogens with one attached hydrogen (secondary N) is 1. The molecule has 4 aromatic rings. The van der Waals surface area contributed by atoms with Crippen LogP contribution in [0.25, 0.3) is 32.9 Å². The second-order valence-electron chi connectivity index (χ2n) is 6.08. The van der Waals surface area contributed by atoms with Crippen LogP contribution in [0.15, 0.2) is 54.6 Å². The average molecular weight is 346 g/mol. The minimum absolute atomic E-state index is 0.462. The van der Waals surface area contributed by atoms with Crippen molar-refractivity contribution in [3.63, 3.8) is 0 Å². The van der Waals surface area contributed by atoms with Crippen LogP contribution in [0.1, 0.15) is 10.4 Å². The summed E-state index contributed by atoms with van der Waals surface area (Å²) in [6.45, 7) is 0. The van der Waals surface area contributed by atoms with Gasteiger partial charge in [-0.05, 0) is 47.5 Å². The molecular formula is C21H18N2O3. The van der Waals surface area contributed by atoms with Crippen molar-refractivity contribution in [3.05, 3.63) is 60.2 Å². The SMILES string of the molecule is COc1ccc(-c2cc(C(N)=O)c3[nH]c4cc(OC)ccc4c3c2)cc1. The number of benzene rings is 3. The summed E-state index contributed by atoms with van der Waals surface area (Å²) in [6, 6.07) is 17.4. The number of primary amides is 1. The molecule has 0 aliphatic heterocycles. The second kappa shape index (κ2) is 6.11. The molecule has 0 aliphatic carbocycles. The fourth-order valence-corrected chi connectivity index (χ4v) is 3.26. The smallest absolute Gasteiger partial charge is 0.250 e. The van der Waals surface area contributed by atoms with Crippen LogP contribution < -0.4 is 15.2 Å². The highest BCUT2D eigenvalue weighted by Crippen LogP contribution is 2.34. The zero-order valence-corrected chi connectivity index (χ0v) is 14.5. The Kier molecular flexibility index (Phi) is 3.77. The van der Waals surface area contributed by atoms with Gasteiger partial charge in [-0.2, -0.15) is 0 Å². The lowest BCUT2D eigenvalue weighted by molar-refractivity contribution is 0.100. The van der Waals surface area contributed by atoms with Gasteiger partial charge in [-0.1, -0.05) is 12.1 Å². The number of carbonyl (C=O) groups is 1. The van der Waals surface area contributed by atoms with Gasteiger partial charge in [0.15, 0.2) is 0 Å². The van der Waals surface area contributed by atoms with E-state index in [2.05, 4.69) is 11.1 Å². The number of rotatable bonds is 4. The van der Waals surface area contributed by atoms with Crippen molar-refractivity contribution in [1.82, 2.24) is 4.98 Å². The first-order valence-corrected chi connectivity index (χ1v) is 8.18. The van der Waals surface area contributed by atoms with E-state index < -0.39 is 5.91 Å². The number of hydrogen-bond donors (Lipinski definition) is 2. The number of nitrogens with two attached hydrogens (primary N) is 1. The Morgan fingerprint density at radius 3 is 2.19 bits per heavy atom. The van der Waals surface area contributed by atoms with Crippen LogP contribution in [0.4, 0.5) is 0 Å². The van der Waals surface area contributed by atoms with Crippen molar-refractivity contribution in [2.45, 2.75) is 0 Å². The summed E-state index contributed by atoms with van der Waals surface area (Å²) in [5.41, 5.74) is 9.65. The third-order valence-electron chi connectivity index (χ3n) is 4.60. The number of methoxy groups -OCH3 is 2. The standard InChI is InChI=1S/C21H18N2O3/c1-25-14-5-3-12(4-6-14)13-9-17-16-8-7-15(26-2)11-19(16)23-20(17)18(10-13)21(22)24/h3-11,23H,1-2H3,(H2,22,24). The molecule has 3 aromatic carbocycles. The molecule has 0 fully saturated rings. The lowest BCUT2D eigenvalue weighted by Crippen LogP contribution is -2.11. The molecule has 5 heteroatoms. The first-order valence-electron chi connectivity index (χ1n) is 8.18. The molecule has 5 nitrogen and oxygen atoms in total. The van der Waals surface area contributed by atoms with E-state index in [4.69, 9.17) is 15.2 Å². The fraction of sp³-hybridized carbons (Fsp3) is 0.0952. The molecule has 1 heterocycles. The highest BCUT2D eigenvalue weighted by Gasteiger charge is 2.15. The molecule has 0 bridgehead atoms. The Morgan fingerprint density at radius 1 is 0.846 bits per heavy atom. The van der Waals surface area contributed by atoms with Crippen molar-refractivity contribution in [3.8, 4) is 22.6 Å². The van der Waals surface area contributed by atoms with Gasteiger partial charge in [0.1, 0.15) is 11.5 Å². The van der Waals surface area contributed by atoms with Crippen LogP contribution in [0, 0.1) is 0 Å². The zero-order chi connectivity index (χ0) is 18.3. The number of ether oxygens (including phenoxy) is 2. The molecule has 0 spiro atoms. The minimum atomic E-state index is -0.469. The lowest BCUT2D eigenvalue weighted by atomic mass is 9.99. The molecule has 3 N–H and O–H groups in total. The monoisotopic (exact) mass is 346 g/mol. The van der Waals surface area contributed by atoms with E-state index >= 15 is 0 Å². The van der Waals surface area contributed by atoms with Gasteiger partial charge in [-0.15, -0.1) is 0 Å². The molecule has 0 saturated carbocycles. The first kappa shape index (κ1) is 16.0. The maximum Gasteiger partial charge on any atom is 0.250 e. The molecule has 130 valence electrons. The largest absolute Gasteiger partial charge is 0.497 e. The highest BCUT2D eigenvalue weighted by molar-refractivity contribution is 6.16. The topological polar surface area (TPSA) is 77.3 Å². The van der Waals surface area contributed by atoms with E-state index in [0.29, 0.717) is 5.56 Å². The van der Waals surface area contributed by atoms with Crippen LogP contribution in [0.5, 0.6) is 11.5 Å². The van der Waals surface area contributed by atoms with Crippen LogP contribution in [0.3, 0.4) is 0 Å². The Labute approximate surface area is 150 Å². The fourth-order valence-electron chi connectivity index (χ4n) is 3.26. The highest BCUT2D eigenvalue weighted by atomic mass is 16.5. The Morgan fingerprint density at radius 2 is 1.54 bits per heavy atom. The van der Waals surface area contributed by atoms with Gasteiger partial charge in [0.25, 0.3) is 5.91 Å². The summed E-state index contributed by atoms with van der Waals surface area (Å²) in [4.78, 5) is 15.4. The molecule has 4 rings (SSSR count). The molecule has 0 unspecified atom stereocenters. The van der Waals surface area contributed by atoms with Gasteiger partial charge < -0.3 is 20.2 Å². The summed E-state index contributed by atoms with van der Waals surface area (Å²) < 4.78 is 10.5. The van der Waals surface area contributed by atoms with Crippen LogP contribution in [-0.2, 0) is 0 Å². The van der Waals surface area contributed by atoms with Gasteiger partial charge in [-0.25, -0.2) is 0 Å². The van der Waals surface area contributed by atoms with Gasteiger partial charge in [-0.3, -0.25) is 4.79 Å². The number of hydrogen-bond acceptors (Lipinski definition) is 3. The third-order valence-corrected chi connectivity index (χ3v) is 4.60. The van der Waals surface area contributed by atoms with Crippen molar-refractivity contribution < 1.29 is 14.3 Å². The van der Waals surface area contributed by atoms with Gasteiger partial charge in [0.05, 0.1) is 30.8 Å². The summed E-state index contributed by atoms with van der Waals surface area (Å²) in [7, 11) is 3.26. The Hall–Kier alpha value is -3.47. The van der Waals surface area contributed by atoms with E-state index in [1.165, 1.54) is 0 Å². The van der Waals surface area contributed by atoms with Crippen molar-refractivity contribution in [1.29, 1.82) is 0 Å². The average Bonchev–Trinajstić information content (AvgIpc) is 3.04. The lowest BCUT2D eigenvalue weighted by Gasteiger charge is -2.07. The van der Waals surface area contributed by atoms with Gasteiger partial charge in [0.2, 0.25) is 0 Å². The number of H-pyrrole nitrogens is 1. The molecule has 0 atom stereocenters. The summed E-state index contributed by atoms with van der Waals surface area (Å²) in [6.07, 6.45) is 0. The van der Waals surface area contributed by atoms with Crippen molar-refractivity contribution >= 4 is 27.7 Å². The van der Waals surface area contributed by atoms with E-state index in [9.17, 15) is 4.79 Å². The maximum absolute atomic E-state index is 12.1. The second-order valence-corrected chi connectivity index (χ2v) is 6.08. The van der Waals surface area contributed by atoms with Crippen molar-refractivity contribution in [2.24, 2.45) is 5.73 Å². The predicted octanol–water partition coefficient (Wildman–Crippen LogP) is 4.10. The molecule has 26 heavy (non-hydrogen) atoms. The Bertz CT molecular complexity index is 1130. The molecule has 0 saturated heterocycles. The van der Waals surface area contributed by atoms with Crippen LogP contribution in [0.2, 0.25) is 0 Å². The molecule has 1 amide bonds. The summed E-state index contributed by atoms with van der Waals surface area (Å²) in [5.74, 6) is 1.06.